The van der Waals surface area contributed by atoms with E-state index >= 15 is 0 Å². The van der Waals surface area contributed by atoms with Gasteiger partial charge in [0.15, 0.2) is 0 Å². The smallest absolute Gasteiger partial charge is 0.237 e. The number of nitrogens with one attached hydrogen (secondary N) is 1. The Hall–Kier alpha value is -1.55. The highest BCUT2D eigenvalue weighted by molar-refractivity contribution is 5.84. The molecule has 0 aromatic heterocycles. The molecule has 0 radical (unpaired) electrons. The summed E-state index contributed by atoms with van der Waals surface area (Å²) in [4.78, 5) is 11.6. The van der Waals surface area contributed by atoms with Crippen LogP contribution in [-0.4, -0.2) is 24.6 Å². The molecular weight excluding hydrogens is 264 g/mol. The molecule has 3 N–H and O–H groups in total. The number of hydrogen-bond acceptors (Lipinski definition) is 3. The van der Waals surface area contributed by atoms with Gasteiger partial charge in [0, 0.05) is 0 Å². The Morgan fingerprint density at radius 2 is 1.95 bits per heavy atom. The summed E-state index contributed by atoms with van der Waals surface area (Å²) in [5.41, 5.74) is 7.13. The monoisotopic (exact) mass is 292 g/mol. The van der Waals surface area contributed by atoms with Crippen molar-refractivity contribution in [3.8, 4) is 5.75 Å². The predicted molar refractivity (Wildman–Crippen MR) is 86.5 cm³/mol. The molecule has 0 bridgehead atoms. The van der Waals surface area contributed by atoms with Crippen LogP contribution >= 0.6 is 0 Å². The number of primary amides is 1. The second-order valence-corrected chi connectivity index (χ2v) is 5.80. The van der Waals surface area contributed by atoms with Crippen molar-refractivity contribution >= 4 is 5.91 Å². The van der Waals surface area contributed by atoms with Gasteiger partial charge in [-0.15, -0.1) is 0 Å². The topological polar surface area (TPSA) is 64.3 Å². The Labute approximate surface area is 128 Å². The first-order valence-corrected chi connectivity index (χ1v) is 7.64. The van der Waals surface area contributed by atoms with Gasteiger partial charge >= 0.3 is 0 Å². The number of benzene rings is 1. The normalized spacial score (nSPS) is 13.7. The molecule has 0 aliphatic heterocycles. The number of hydrogen-bond donors (Lipinski definition) is 2. The van der Waals surface area contributed by atoms with Gasteiger partial charge in [0.25, 0.3) is 0 Å². The van der Waals surface area contributed by atoms with Crippen LogP contribution in [0.25, 0.3) is 0 Å². The third-order valence-corrected chi connectivity index (χ3v) is 3.79. The second-order valence-electron chi connectivity index (χ2n) is 5.80. The number of carbonyl (C=O) groups is 1. The number of rotatable bonds is 9. The van der Waals surface area contributed by atoms with Crippen LogP contribution < -0.4 is 15.8 Å². The van der Waals surface area contributed by atoms with E-state index in [2.05, 4.69) is 12.2 Å². The van der Waals surface area contributed by atoms with Crippen LogP contribution in [0.15, 0.2) is 18.2 Å². The predicted octanol–water partition coefficient (Wildman–Crippen LogP) is 2.71. The Morgan fingerprint density at radius 1 is 1.33 bits per heavy atom. The highest BCUT2D eigenvalue weighted by atomic mass is 16.5. The van der Waals surface area contributed by atoms with Gasteiger partial charge in [-0.2, -0.15) is 0 Å². The first-order chi connectivity index (χ1) is 9.90. The van der Waals surface area contributed by atoms with E-state index in [9.17, 15) is 4.79 Å². The van der Waals surface area contributed by atoms with Crippen molar-refractivity contribution in [1.29, 1.82) is 0 Å². The average Bonchev–Trinajstić information content (AvgIpc) is 2.43. The molecule has 0 aliphatic rings. The van der Waals surface area contributed by atoms with Gasteiger partial charge in [0.2, 0.25) is 5.91 Å². The number of carbonyl (C=O) groups excluding carboxylic acids is 1. The van der Waals surface area contributed by atoms with Gasteiger partial charge in [-0.05, 0) is 57.7 Å². The van der Waals surface area contributed by atoms with Crippen molar-refractivity contribution in [2.45, 2.75) is 52.5 Å². The van der Waals surface area contributed by atoms with Gasteiger partial charge in [0.1, 0.15) is 5.75 Å². The maximum atomic E-state index is 11.6. The van der Waals surface area contributed by atoms with Crippen LogP contribution in [0.1, 0.15) is 44.2 Å². The Kier molecular flexibility index (Phi) is 6.69. The molecule has 21 heavy (non-hydrogen) atoms. The lowest BCUT2D eigenvalue weighted by molar-refractivity contribution is -0.124. The molecule has 1 aromatic rings. The zero-order valence-electron chi connectivity index (χ0n) is 13.7. The van der Waals surface area contributed by atoms with Crippen molar-refractivity contribution < 1.29 is 9.53 Å². The van der Waals surface area contributed by atoms with E-state index in [-0.39, 0.29) is 5.91 Å². The van der Waals surface area contributed by atoms with E-state index in [1.54, 1.807) is 0 Å². The van der Waals surface area contributed by atoms with E-state index in [0.717, 1.165) is 36.3 Å². The largest absolute Gasteiger partial charge is 0.493 e. The summed E-state index contributed by atoms with van der Waals surface area (Å²) in [5, 5.41) is 3.24. The fourth-order valence-corrected chi connectivity index (χ4v) is 2.33. The molecule has 0 fully saturated rings. The standard InChI is InChI=1S/C17H28N2O2/c1-5-11-19-17(4,16(18)20)10-7-12-21-15-13(2)8-6-9-14(15)3/h6,8-9,19H,5,7,10-12H2,1-4H3,(H2,18,20). The second kappa shape index (κ2) is 8.03. The molecule has 4 nitrogen and oxygen atoms in total. The van der Waals surface area contributed by atoms with Gasteiger partial charge in [0.05, 0.1) is 12.1 Å². The molecule has 1 unspecified atom stereocenters. The van der Waals surface area contributed by atoms with Crippen molar-refractivity contribution in [2.24, 2.45) is 5.73 Å². The first-order valence-electron chi connectivity index (χ1n) is 7.64. The summed E-state index contributed by atoms with van der Waals surface area (Å²) >= 11 is 0. The molecule has 1 aromatic carbocycles. The lowest BCUT2D eigenvalue weighted by Gasteiger charge is -2.27. The van der Waals surface area contributed by atoms with E-state index in [1.165, 1.54) is 0 Å². The number of nitrogens with two attached hydrogens (primary N) is 1. The van der Waals surface area contributed by atoms with Crippen LogP contribution in [0.5, 0.6) is 5.75 Å². The third-order valence-electron chi connectivity index (χ3n) is 3.79. The van der Waals surface area contributed by atoms with Gasteiger partial charge in [-0.25, -0.2) is 0 Å². The molecule has 0 saturated heterocycles. The first kappa shape index (κ1) is 17.5. The highest BCUT2D eigenvalue weighted by Gasteiger charge is 2.29. The summed E-state index contributed by atoms with van der Waals surface area (Å²) in [7, 11) is 0. The van der Waals surface area contributed by atoms with Crippen molar-refractivity contribution in [2.75, 3.05) is 13.2 Å². The molecule has 0 saturated carbocycles. The minimum absolute atomic E-state index is 0.303. The SMILES string of the molecule is CCCNC(C)(CCCOc1c(C)cccc1C)C(N)=O. The van der Waals surface area contributed by atoms with Gasteiger partial charge < -0.3 is 15.8 Å². The number of aryl methyl sites for hydroxylation is 2. The summed E-state index contributed by atoms with van der Waals surface area (Å²) in [6.45, 7) is 9.39. The van der Waals surface area contributed by atoms with Crippen molar-refractivity contribution in [3.05, 3.63) is 29.3 Å². The molecular formula is C17H28N2O2. The minimum Gasteiger partial charge on any atom is -0.493 e. The van der Waals surface area contributed by atoms with E-state index in [1.807, 2.05) is 39.0 Å². The lowest BCUT2D eigenvalue weighted by Crippen LogP contribution is -2.53. The Morgan fingerprint density at radius 3 is 2.48 bits per heavy atom. The zero-order valence-corrected chi connectivity index (χ0v) is 13.7. The Bertz CT molecular complexity index is 454. The maximum absolute atomic E-state index is 11.6. The van der Waals surface area contributed by atoms with E-state index in [4.69, 9.17) is 10.5 Å². The lowest BCUT2D eigenvalue weighted by atomic mass is 9.95. The molecule has 1 rings (SSSR count). The Balaban J connectivity index is 2.50. The summed E-state index contributed by atoms with van der Waals surface area (Å²) in [6.07, 6.45) is 2.43. The van der Waals surface area contributed by atoms with Gasteiger partial charge in [-0.3, -0.25) is 4.79 Å². The van der Waals surface area contributed by atoms with Crippen molar-refractivity contribution in [1.82, 2.24) is 5.32 Å². The quantitative estimate of drug-likeness (QED) is 0.688. The van der Waals surface area contributed by atoms with E-state index < -0.39 is 5.54 Å². The maximum Gasteiger partial charge on any atom is 0.237 e. The highest BCUT2D eigenvalue weighted by Crippen LogP contribution is 2.23. The fourth-order valence-electron chi connectivity index (χ4n) is 2.33. The number of ether oxygens (including phenoxy) is 1. The van der Waals surface area contributed by atoms with Gasteiger partial charge in [-0.1, -0.05) is 25.1 Å². The van der Waals surface area contributed by atoms with Crippen LogP contribution in [-0.2, 0) is 4.79 Å². The third kappa shape index (κ3) is 5.05. The van der Waals surface area contributed by atoms with E-state index in [0.29, 0.717) is 13.0 Å². The molecule has 4 heteroatoms. The zero-order chi connectivity index (χ0) is 15.9. The minimum atomic E-state index is -0.653. The fraction of sp³-hybridized carbons (Fsp3) is 0.588. The van der Waals surface area contributed by atoms with Crippen LogP contribution in [0.4, 0.5) is 0 Å². The number of amides is 1. The molecule has 1 atom stereocenters. The van der Waals surface area contributed by atoms with Crippen LogP contribution in [0.2, 0.25) is 0 Å². The molecule has 118 valence electrons. The summed E-state index contributed by atoms with van der Waals surface area (Å²) in [6, 6.07) is 6.10. The average molecular weight is 292 g/mol. The summed E-state index contributed by atoms with van der Waals surface area (Å²) in [5.74, 6) is 0.641. The summed E-state index contributed by atoms with van der Waals surface area (Å²) < 4.78 is 5.87. The number of para-hydroxylation sites is 1. The molecule has 1 amide bonds. The van der Waals surface area contributed by atoms with Crippen LogP contribution in [0, 0.1) is 13.8 Å². The van der Waals surface area contributed by atoms with Crippen molar-refractivity contribution in [3.63, 3.8) is 0 Å². The molecule has 0 spiro atoms. The molecule has 0 heterocycles. The van der Waals surface area contributed by atoms with Crippen LogP contribution in [0.3, 0.4) is 0 Å². The molecule has 0 aliphatic carbocycles.